The van der Waals surface area contributed by atoms with Crippen molar-refractivity contribution in [1.29, 1.82) is 0 Å². The average molecular weight is 744 g/mol. The second-order valence-electron chi connectivity index (χ2n) is 16.2. The number of aryl methyl sites for hydroxylation is 1. The number of hydrogen-bond acceptors (Lipinski definition) is 7. The fraction of sp³-hybridized carbons (Fsp3) is 0.591. The number of nitrogens with two attached hydrogens (primary N) is 1. The molecule has 0 spiro atoms. The van der Waals surface area contributed by atoms with E-state index < -0.39 is 12.0 Å². The number of aromatic nitrogens is 1. The summed E-state index contributed by atoms with van der Waals surface area (Å²) in [6.45, 7) is 15.5. The Morgan fingerprint density at radius 1 is 0.981 bits per heavy atom. The van der Waals surface area contributed by atoms with E-state index in [2.05, 4.69) is 73.2 Å². The van der Waals surface area contributed by atoms with Crippen molar-refractivity contribution < 1.29 is 13.6 Å². The Morgan fingerprint density at radius 3 is 2.30 bits per heavy atom. The van der Waals surface area contributed by atoms with Crippen molar-refractivity contribution >= 4 is 17.6 Å². The van der Waals surface area contributed by atoms with Crippen LogP contribution in [0.4, 0.5) is 8.78 Å². The van der Waals surface area contributed by atoms with E-state index in [-0.39, 0.29) is 18.6 Å². The number of alkyl halides is 2. The molecule has 1 aromatic carbocycles. The fourth-order valence-electron chi connectivity index (χ4n) is 9.11. The molecular formula is C44H63F2N7O. The van der Waals surface area contributed by atoms with Crippen LogP contribution in [0, 0.1) is 12.8 Å². The molecule has 1 aromatic heterocycles. The lowest BCUT2D eigenvalue weighted by Gasteiger charge is -2.45. The zero-order valence-corrected chi connectivity index (χ0v) is 33.1. The minimum absolute atomic E-state index is 0.0824. The summed E-state index contributed by atoms with van der Waals surface area (Å²) in [4.78, 5) is 26.6. The number of carbonyl (C=O) groups excluding carboxylic acids is 1. The number of likely N-dealkylation sites (tertiary alicyclic amines) is 3. The van der Waals surface area contributed by atoms with Gasteiger partial charge in [-0.1, -0.05) is 43.7 Å². The molecule has 1 amide bonds. The van der Waals surface area contributed by atoms with Crippen molar-refractivity contribution in [2.24, 2.45) is 11.7 Å². The minimum Gasteiger partial charge on any atom is -0.372 e. The Morgan fingerprint density at radius 2 is 1.67 bits per heavy atom. The fourth-order valence-corrected chi connectivity index (χ4v) is 9.11. The minimum atomic E-state index is -2.69. The molecule has 2 atom stereocenters. The second-order valence-corrected chi connectivity index (χ2v) is 16.2. The highest BCUT2D eigenvalue weighted by molar-refractivity contribution is 5.94. The third kappa shape index (κ3) is 10.0. The highest BCUT2D eigenvalue weighted by Crippen LogP contribution is 2.34. The Labute approximate surface area is 322 Å². The average Bonchev–Trinajstić information content (AvgIpc) is 3.16. The van der Waals surface area contributed by atoms with E-state index in [0.717, 1.165) is 106 Å². The standard InChI is InChI=1S/C44H63F2N7O/c1-5-20-52(21-6-2)41-18-24-51(31-44(41,45)46)30-34-14-25-53(26-15-34)43(54)37-9-7-35(8-10-37)36-16-22-50(23-17-36)29-32(3)27-40-33(4)48-19-13-39(40)38-11-12-42(47)49-28-38/h7-13,19,27-28,34,36,41-42,49H,5-6,14-18,20-26,29-31,47H2,1-4H3/b32-27+. The molecule has 8 nitrogen and oxygen atoms in total. The summed E-state index contributed by atoms with van der Waals surface area (Å²) >= 11 is 0. The van der Waals surface area contributed by atoms with Crippen molar-refractivity contribution in [3.63, 3.8) is 0 Å². The van der Waals surface area contributed by atoms with Crippen LogP contribution < -0.4 is 11.1 Å². The molecular weight excluding hydrogens is 681 g/mol. The Bertz CT molecular complexity index is 1630. The van der Waals surface area contributed by atoms with Crippen LogP contribution in [0.2, 0.25) is 0 Å². The van der Waals surface area contributed by atoms with E-state index in [0.29, 0.717) is 37.9 Å². The summed E-state index contributed by atoms with van der Waals surface area (Å²) in [7, 11) is 0. The molecule has 0 bridgehead atoms. The number of piperidine rings is 3. The monoisotopic (exact) mass is 744 g/mol. The van der Waals surface area contributed by atoms with Gasteiger partial charge in [-0.15, -0.1) is 0 Å². The number of amides is 1. The molecule has 5 heterocycles. The number of carbonyl (C=O) groups is 1. The van der Waals surface area contributed by atoms with Crippen LogP contribution in [0.5, 0.6) is 0 Å². The van der Waals surface area contributed by atoms with Gasteiger partial charge in [-0.25, -0.2) is 8.78 Å². The number of nitrogens with zero attached hydrogens (tertiary/aromatic N) is 5. The van der Waals surface area contributed by atoms with Gasteiger partial charge in [0.05, 0.1) is 18.8 Å². The number of dihydropyridines is 1. The van der Waals surface area contributed by atoms with Gasteiger partial charge in [-0.05, 0) is 138 Å². The van der Waals surface area contributed by atoms with Crippen molar-refractivity contribution in [2.75, 3.05) is 65.4 Å². The van der Waals surface area contributed by atoms with Crippen molar-refractivity contribution in [3.05, 3.63) is 88.4 Å². The molecule has 54 heavy (non-hydrogen) atoms. The lowest BCUT2D eigenvalue weighted by Crippen LogP contribution is -2.59. The van der Waals surface area contributed by atoms with Gasteiger partial charge in [-0.2, -0.15) is 0 Å². The maximum atomic E-state index is 15.3. The molecule has 2 aromatic rings. The van der Waals surface area contributed by atoms with Crippen LogP contribution in [-0.2, 0) is 0 Å². The maximum Gasteiger partial charge on any atom is 0.275 e. The first-order valence-corrected chi connectivity index (χ1v) is 20.5. The van der Waals surface area contributed by atoms with Gasteiger partial charge in [0.1, 0.15) is 0 Å². The van der Waals surface area contributed by atoms with Crippen LogP contribution in [-0.4, -0.2) is 114 Å². The number of halogens is 2. The summed E-state index contributed by atoms with van der Waals surface area (Å²) in [5.41, 5.74) is 13.7. The lowest BCUT2D eigenvalue weighted by molar-refractivity contribution is -0.129. The Hall–Kier alpha value is -3.44. The van der Waals surface area contributed by atoms with E-state index in [1.807, 2.05) is 45.3 Å². The largest absolute Gasteiger partial charge is 0.372 e. The zero-order valence-electron chi connectivity index (χ0n) is 33.1. The molecule has 3 N–H and O–H groups in total. The highest BCUT2D eigenvalue weighted by Gasteiger charge is 2.47. The first-order valence-electron chi connectivity index (χ1n) is 20.5. The van der Waals surface area contributed by atoms with Crippen molar-refractivity contribution in [3.8, 4) is 0 Å². The maximum absolute atomic E-state index is 15.3. The summed E-state index contributed by atoms with van der Waals surface area (Å²) in [6, 6.07) is 9.73. The highest BCUT2D eigenvalue weighted by atomic mass is 19.3. The normalized spacial score (nSPS) is 23.4. The van der Waals surface area contributed by atoms with Crippen LogP contribution in [0.25, 0.3) is 11.6 Å². The number of nitrogens with one attached hydrogen (secondary N) is 1. The molecule has 4 aliphatic heterocycles. The molecule has 10 heteroatoms. The summed E-state index contributed by atoms with van der Waals surface area (Å²) < 4.78 is 30.7. The molecule has 0 saturated carbocycles. The molecule has 3 fully saturated rings. The third-order valence-corrected chi connectivity index (χ3v) is 12.0. The molecule has 2 unspecified atom stereocenters. The van der Waals surface area contributed by atoms with Gasteiger partial charge < -0.3 is 16.0 Å². The topological polar surface area (TPSA) is 81.0 Å². The van der Waals surface area contributed by atoms with Crippen LogP contribution in [0.15, 0.2) is 60.5 Å². The Kier molecular flexibility index (Phi) is 13.8. The van der Waals surface area contributed by atoms with E-state index in [9.17, 15) is 4.79 Å². The third-order valence-electron chi connectivity index (χ3n) is 12.0. The zero-order chi connectivity index (χ0) is 38.2. The molecule has 294 valence electrons. The van der Waals surface area contributed by atoms with Gasteiger partial charge in [0.25, 0.3) is 11.8 Å². The number of rotatable bonds is 13. The predicted molar refractivity (Wildman–Crippen MR) is 216 cm³/mol. The number of hydrogen-bond donors (Lipinski definition) is 2. The number of pyridine rings is 1. The first kappa shape index (κ1) is 40.2. The van der Waals surface area contributed by atoms with E-state index >= 15 is 8.78 Å². The summed E-state index contributed by atoms with van der Waals surface area (Å²) in [5.74, 6) is -1.77. The molecule has 0 radical (unpaired) electrons. The van der Waals surface area contributed by atoms with E-state index in [1.54, 1.807) is 0 Å². The molecule has 6 rings (SSSR count). The van der Waals surface area contributed by atoms with Gasteiger partial charge in [0, 0.05) is 61.9 Å². The quantitative estimate of drug-likeness (QED) is 0.226. The van der Waals surface area contributed by atoms with Crippen molar-refractivity contribution in [2.45, 2.75) is 96.7 Å². The summed E-state index contributed by atoms with van der Waals surface area (Å²) in [5, 5.41) is 3.20. The van der Waals surface area contributed by atoms with E-state index in [4.69, 9.17) is 5.73 Å². The van der Waals surface area contributed by atoms with Gasteiger partial charge in [-0.3, -0.25) is 24.5 Å². The van der Waals surface area contributed by atoms with Gasteiger partial charge in [0.15, 0.2) is 0 Å². The smallest absolute Gasteiger partial charge is 0.275 e. The SMILES string of the molecule is CCCN(CCC)C1CCN(CC2CCN(C(=O)c3ccc(C4CCN(C/C(C)=C/c5c(C6=CNC(N)C=C6)ccnc5C)CC4)cc3)CC2)CC1(F)F. The molecule has 0 aliphatic carbocycles. The van der Waals surface area contributed by atoms with Gasteiger partial charge >= 0.3 is 0 Å². The Balaban J connectivity index is 0.946. The molecule has 3 saturated heterocycles. The van der Waals surface area contributed by atoms with Crippen molar-refractivity contribution in [1.82, 2.24) is 29.9 Å². The number of benzene rings is 1. The lowest BCUT2D eigenvalue weighted by atomic mass is 9.88. The van der Waals surface area contributed by atoms with Crippen LogP contribution in [0.1, 0.15) is 104 Å². The van der Waals surface area contributed by atoms with Crippen LogP contribution >= 0.6 is 0 Å². The van der Waals surface area contributed by atoms with E-state index in [1.165, 1.54) is 11.1 Å². The predicted octanol–water partition coefficient (Wildman–Crippen LogP) is 7.14. The molecule has 4 aliphatic rings. The van der Waals surface area contributed by atoms with Gasteiger partial charge in [0.2, 0.25) is 0 Å². The first-order chi connectivity index (χ1) is 26.0. The van der Waals surface area contributed by atoms with Crippen LogP contribution in [0.3, 0.4) is 0 Å². The number of allylic oxidation sites excluding steroid dienone is 2. The summed E-state index contributed by atoms with van der Waals surface area (Å²) in [6.07, 6.45) is 16.3. The second kappa shape index (κ2) is 18.5.